The van der Waals surface area contributed by atoms with Gasteiger partial charge in [-0.25, -0.2) is 18.4 Å². The van der Waals surface area contributed by atoms with E-state index in [1.165, 1.54) is 39.9 Å². The molecule has 36 heteroatoms. The topological polar surface area (TPSA) is 368 Å². The van der Waals surface area contributed by atoms with Crippen molar-refractivity contribution in [2.24, 2.45) is 8.73 Å². The van der Waals surface area contributed by atoms with Crippen molar-refractivity contribution in [3.05, 3.63) is 318 Å². The number of amides is 9. The van der Waals surface area contributed by atoms with Gasteiger partial charge in [0.15, 0.2) is 17.1 Å². The number of phenolic OH excluding ortho intramolecular Hbond substituents is 1. The molecule has 9 aromatic carbocycles. The molecule has 0 radical (unpaired) electrons. The number of fused-ring (bicyclic) bond motifs is 4. The molecule has 0 unspecified atom stereocenters. The second-order valence-corrected chi connectivity index (χ2v) is 38.3. The quantitative estimate of drug-likeness (QED) is 0.0179. The van der Waals surface area contributed by atoms with Crippen LogP contribution in [0.2, 0.25) is 5.02 Å². The van der Waals surface area contributed by atoms with Crippen LogP contribution < -0.4 is 16.0 Å². The molecule has 0 fully saturated rings. The second kappa shape index (κ2) is 50.2. The fourth-order valence-electron chi connectivity index (χ4n) is 18.5. The van der Waals surface area contributed by atoms with Gasteiger partial charge in [-0.3, -0.25) is 43.2 Å². The summed E-state index contributed by atoms with van der Waals surface area (Å²) >= 11 is 7.12. The molecule has 0 aliphatic carbocycles. The molecule has 4 aliphatic rings. The number of aryl methyl sites for hydroxylation is 3. The van der Waals surface area contributed by atoms with Crippen LogP contribution >= 0.6 is 11.6 Å². The van der Waals surface area contributed by atoms with Crippen molar-refractivity contribution < 1.29 is 81.1 Å². The Morgan fingerprint density at radius 2 is 0.730 bits per heavy atom. The number of anilines is 3. The van der Waals surface area contributed by atoms with Crippen LogP contribution in [0.15, 0.2) is 209 Å². The molecule has 30 nitrogen and oxygen atoms in total. The minimum atomic E-state index is -4.93. The van der Waals surface area contributed by atoms with Gasteiger partial charge >= 0.3 is 6.18 Å². The lowest BCUT2D eigenvalue weighted by atomic mass is 9.93. The Bertz CT molecular complexity index is 6950. The molecule has 0 bridgehead atoms. The Morgan fingerprint density at radius 3 is 1.07 bits per heavy atom. The monoisotopic (exact) mass is 2060 g/mol. The number of nitrogens with one attached hydrogen (secondary N) is 3. The number of aliphatic hydroxyl groups is 3. The van der Waals surface area contributed by atoms with Crippen molar-refractivity contribution in [3.63, 3.8) is 0 Å². The summed E-state index contributed by atoms with van der Waals surface area (Å²) in [5.74, 6) is -5.33. The molecule has 7 heterocycles. The van der Waals surface area contributed by atoms with Crippen LogP contribution in [0.25, 0.3) is 17.1 Å². The normalized spacial score (nSPS) is 14.3. The minimum absolute atomic E-state index is 0.0138. The standard InChI is InChI=1S/C38H41F4N5O4.C37H42ClN5O5.C37H41N7O4S/c1-4-6-16-45(17-7-5-2)37(51)33-18-24(3)47(44-33)34-15-13-28(43-35(49)30-20-27(39)12-14-32(30)38(40,41)42)21-31(34)36(50)46-22-26-11-9-8-10-25(26)19-29(46)23-48;1-4-6-17-41(18-7-5-2)37(48)32-19-24(3)43(40-32)33-16-15-27(39-35(46)29-13-10-14-31(38)34(29)45)21-30(33)36(47)42-22-26-12-9-8-11-25(26)20-28(42)23-44;1-4-6-16-42(17-7-5-2)37(48)33-18-24(3)44(39-33)34-15-13-28(38-35(46)26-12-14-31-32(20-26)41-49-40-31)21-30(34)36(47)43-22-27-11-9-8-10-25(27)19-29(43)23-45/h8-15,18,20-21,29,48H,4-7,16-17,19,22-23H2,1-3H3,(H,43,49);8-16,19,21,28,44-45H,4-7,17-18,20,22-23H2,1-3H3,(H,39,46);8-15,18,20-21,29,45H,4-7,16-17,19,22-23H2,1-3H3,(H,38,46)/t29-;28-;29-/m000/s1. The summed E-state index contributed by atoms with van der Waals surface area (Å²) in [6.45, 7) is 21.6. The van der Waals surface area contributed by atoms with E-state index in [9.17, 15) is 81.1 Å². The number of aromatic hydroxyl groups is 1. The first kappa shape index (κ1) is 109. The zero-order valence-electron chi connectivity index (χ0n) is 84.4. The van der Waals surface area contributed by atoms with Crippen LogP contribution in [-0.2, 0) is 56.4 Å². The number of nitrogens with zero attached hydrogens (tertiary/aromatic N) is 14. The van der Waals surface area contributed by atoms with Crippen LogP contribution in [0.4, 0.5) is 46.0 Å². The zero-order valence-corrected chi connectivity index (χ0v) is 86.0. The third-order valence-corrected chi connectivity index (χ3v) is 27.6. The van der Waals surface area contributed by atoms with Crippen molar-refractivity contribution in [3.8, 4) is 22.8 Å². The summed E-state index contributed by atoms with van der Waals surface area (Å²) in [5.41, 5.74) is 10.5. The highest BCUT2D eigenvalue weighted by atomic mass is 35.5. The van der Waals surface area contributed by atoms with E-state index in [0.29, 0.717) is 146 Å². The third kappa shape index (κ3) is 25.6. The van der Waals surface area contributed by atoms with Crippen LogP contribution in [0, 0.1) is 26.6 Å². The molecule has 776 valence electrons. The summed E-state index contributed by atoms with van der Waals surface area (Å²) in [7, 11) is 0. The van der Waals surface area contributed by atoms with Gasteiger partial charge in [0.25, 0.3) is 53.2 Å². The van der Waals surface area contributed by atoms with E-state index >= 15 is 0 Å². The number of phenols is 1. The maximum absolute atomic E-state index is 14.6. The first-order chi connectivity index (χ1) is 71.3. The van der Waals surface area contributed by atoms with Crippen LogP contribution in [-0.4, -0.2) is 210 Å². The summed E-state index contributed by atoms with van der Waals surface area (Å²) in [4.78, 5) is 135. The summed E-state index contributed by atoms with van der Waals surface area (Å²) < 4.78 is 68.3. The van der Waals surface area contributed by atoms with E-state index in [1.807, 2.05) is 110 Å². The SMILES string of the molecule is CCCCN(CCCC)C(=O)c1cc(C)n(-c2ccc(NC(=O)c3cc(F)ccc3C(F)(F)F)cc2C(=O)N2Cc3ccccc3C[C@H]2CO)n1.CCCCN(CCCC)C(=O)c1cc(C)n(-c2ccc(NC(=O)c3ccc4c(c3)N=S=N4)cc2C(=O)N2Cc3ccccc3C[C@H]2CO)n1.CCCCN(CCCC)C(=O)c1cc(C)n(-c2ccc(NC(=O)c3cccc(Cl)c3O)cc2C(=O)N2Cc3ccccc3C[C@H]2CO)n1. The number of para-hydroxylation sites is 1. The van der Waals surface area contributed by atoms with E-state index in [2.05, 4.69) is 57.5 Å². The predicted octanol–water partition coefficient (Wildman–Crippen LogP) is 20.3. The van der Waals surface area contributed by atoms with E-state index in [0.717, 1.165) is 122 Å². The van der Waals surface area contributed by atoms with Crippen LogP contribution in [0.1, 0.15) is 268 Å². The largest absolute Gasteiger partial charge is 0.506 e. The summed E-state index contributed by atoms with van der Waals surface area (Å²) in [5, 5.41) is 63.7. The van der Waals surface area contributed by atoms with E-state index in [4.69, 9.17) is 21.8 Å². The van der Waals surface area contributed by atoms with E-state index in [1.54, 1.807) is 110 Å². The zero-order chi connectivity index (χ0) is 106. The van der Waals surface area contributed by atoms with Gasteiger partial charge in [0.05, 0.1) is 105 Å². The molecule has 0 spiro atoms. The van der Waals surface area contributed by atoms with E-state index in [-0.39, 0.29) is 124 Å². The first-order valence-electron chi connectivity index (χ1n) is 50.3. The number of unbranched alkanes of at least 4 members (excludes halogenated alkanes) is 6. The highest BCUT2D eigenvalue weighted by molar-refractivity contribution is 7.58. The highest BCUT2D eigenvalue weighted by Crippen LogP contribution is 2.39. The molecule has 3 atom stereocenters. The predicted molar refractivity (Wildman–Crippen MR) is 561 cm³/mol. The minimum Gasteiger partial charge on any atom is -0.506 e. The average Bonchev–Trinajstić information content (AvgIpc) is 1.42. The van der Waals surface area contributed by atoms with Gasteiger partial charge in [-0.2, -0.15) is 37.2 Å². The molecule has 3 aromatic heterocycles. The first-order valence-corrected chi connectivity index (χ1v) is 51.4. The number of carbonyl (C=O) groups excluding carboxylic acids is 9. The van der Waals surface area contributed by atoms with Crippen molar-refractivity contribution in [1.29, 1.82) is 0 Å². The Hall–Kier alpha value is -14.7. The maximum atomic E-state index is 14.6. The lowest BCUT2D eigenvalue weighted by molar-refractivity contribution is -0.138. The number of hydrogen-bond donors (Lipinski definition) is 7. The second-order valence-electron chi connectivity index (χ2n) is 37.3. The third-order valence-electron chi connectivity index (χ3n) is 26.8. The molecular formula is C112H124ClF4N17O13S. The van der Waals surface area contributed by atoms with Crippen molar-refractivity contribution in [1.82, 2.24) is 58.7 Å². The van der Waals surface area contributed by atoms with E-state index < -0.39 is 59.0 Å². The van der Waals surface area contributed by atoms with Gasteiger partial charge in [0.2, 0.25) is 0 Å². The Kier molecular flexibility index (Phi) is 37.0. The molecular weight excluding hydrogens is 1930 g/mol. The smallest absolute Gasteiger partial charge is 0.417 e. The number of benzene rings is 9. The van der Waals surface area contributed by atoms with Crippen molar-refractivity contribution in [2.75, 3.05) is 75.0 Å². The van der Waals surface area contributed by atoms with Gasteiger partial charge in [0.1, 0.15) is 22.9 Å². The molecule has 0 saturated carbocycles. The molecule has 12 aromatic rings. The number of halogens is 5. The number of aromatic nitrogens is 6. The van der Waals surface area contributed by atoms with Crippen molar-refractivity contribution in [2.45, 2.75) is 203 Å². The molecule has 9 amide bonds. The van der Waals surface area contributed by atoms with Crippen LogP contribution in [0.5, 0.6) is 5.75 Å². The van der Waals surface area contributed by atoms with Crippen molar-refractivity contribution >= 4 is 105 Å². The number of rotatable bonds is 36. The molecule has 16 rings (SSSR count). The Balaban J connectivity index is 0.000000175. The molecule has 7 N–H and O–H groups in total. The molecule has 4 aliphatic heterocycles. The number of aliphatic hydroxyl groups excluding tert-OH is 3. The summed E-state index contributed by atoms with van der Waals surface area (Å²) in [6.07, 6.45) is 7.39. The Labute approximate surface area is 866 Å². The molecule has 0 saturated heterocycles. The van der Waals surface area contributed by atoms with Gasteiger partial charge in [-0.15, -0.1) is 0 Å². The highest BCUT2D eigenvalue weighted by Gasteiger charge is 2.40. The Morgan fingerprint density at radius 1 is 0.392 bits per heavy atom. The molecule has 148 heavy (non-hydrogen) atoms. The number of hydrogen-bond acceptors (Lipinski definition) is 18. The number of alkyl halides is 3. The van der Waals surface area contributed by atoms with Gasteiger partial charge in [-0.05, 0) is 233 Å². The fourth-order valence-corrected chi connectivity index (χ4v) is 19.2. The lowest BCUT2D eigenvalue weighted by Crippen LogP contribution is -2.46. The van der Waals surface area contributed by atoms with Gasteiger partial charge in [0, 0.05) is 98.6 Å². The van der Waals surface area contributed by atoms with Gasteiger partial charge in [-0.1, -0.05) is 171 Å². The summed E-state index contributed by atoms with van der Waals surface area (Å²) in [6, 6.07) is 52.3. The fraction of sp³-hybridized carbons (Fsp3) is 0.357. The van der Waals surface area contributed by atoms with Crippen LogP contribution in [0.3, 0.4) is 0 Å². The number of carbonyl (C=O) groups is 9. The average molecular weight is 2060 g/mol. The maximum Gasteiger partial charge on any atom is 0.417 e. The lowest BCUT2D eigenvalue weighted by Gasteiger charge is -2.36. The van der Waals surface area contributed by atoms with Gasteiger partial charge < -0.3 is 65.8 Å².